The fraction of sp³-hybridized carbons (Fsp3) is 0.588. The Morgan fingerprint density at radius 2 is 1.91 bits per heavy atom. The van der Waals surface area contributed by atoms with E-state index in [1.807, 2.05) is 11.8 Å². The highest BCUT2D eigenvalue weighted by atomic mass is 16.6. The molecule has 0 bridgehead atoms. The van der Waals surface area contributed by atoms with E-state index in [0.717, 1.165) is 24.8 Å². The summed E-state index contributed by atoms with van der Waals surface area (Å²) in [6.07, 6.45) is 3.14. The first-order valence-electron chi connectivity index (χ1n) is 8.01. The number of nitro groups is 1. The molecule has 1 fully saturated rings. The number of nitrogens with zero attached hydrogens (tertiary/aromatic N) is 2. The number of hydrogen-bond donors (Lipinski definition) is 0. The summed E-state index contributed by atoms with van der Waals surface area (Å²) in [6, 6.07) is 3.54. The van der Waals surface area contributed by atoms with Crippen LogP contribution in [0, 0.1) is 24.0 Å². The Hall–Kier alpha value is -2.11. The number of likely N-dealkylation sites (tertiary alicyclic amines) is 1. The molecule has 126 valence electrons. The topological polar surface area (TPSA) is 72.7 Å². The molecule has 0 saturated carbocycles. The van der Waals surface area contributed by atoms with Gasteiger partial charge in [0.15, 0.2) is 6.61 Å². The average Bonchev–Trinajstić information content (AvgIpc) is 2.46. The van der Waals surface area contributed by atoms with Gasteiger partial charge in [-0.15, -0.1) is 0 Å². The number of hydrogen-bond acceptors (Lipinski definition) is 4. The smallest absolute Gasteiger partial charge is 0.276 e. The molecular weight excluding hydrogens is 296 g/mol. The van der Waals surface area contributed by atoms with Crippen LogP contribution in [0.5, 0.6) is 5.75 Å². The molecule has 6 heteroatoms. The molecule has 0 N–H and O–H groups in total. The third-order valence-corrected chi connectivity index (χ3v) is 4.59. The van der Waals surface area contributed by atoms with Crippen molar-refractivity contribution < 1.29 is 14.5 Å². The summed E-state index contributed by atoms with van der Waals surface area (Å²) in [6.45, 7) is 7.49. The summed E-state index contributed by atoms with van der Waals surface area (Å²) in [5.41, 5.74) is 1.26. The van der Waals surface area contributed by atoms with E-state index in [0.29, 0.717) is 11.3 Å². The Balaban J connectivity index is 2.13. The summed E-state index contributed by atoms with van der Waals surface area (Å²) in [4.78, 5) is 25.0. The van der Waals surface area contributed by atoms with Crippen LogP contribution in [0.1, 0.15) is 44.2 Å². The number of piperidine rings is 1. The van der Waals surface area contributed by atoms with E-state index < -0.39 is 4.92 Å². The van der Waals surface area contributed by atoms with Crippen molar-refractivity contribution in [3.63, 3.8) is 0 Å². The molecule has 2 atom stereocenters. The van der Waals surface area contributed by atoms with Crippen LogP contribution in [0.15, 0.2) is 12.1 Å². The third-order valence-electron chi connectivity index (χ3n) is 4.59. The molecule has 1 heterocycles. The Bertz CT molecular complexity index is 605. The maximum atomic E-state index is 12.5. The number of amides is 1. The lowest BCUT2D eigenvalue weighted by molar-refractivity contribution is -0.385. The monoisotopic (exact) mass is 320 g/mol. The van der Waals surface area contributed by atoms with Crippen molar-refractivity contribution in [1.82, 2.24) is 4.90 Å². The highest BCUT2D eigenvalue weighted by molar-refractivity contribution is 5.78. The first-order chi connectivity index (χ1) is 10.8. The maximum Gasteiger partial charge on any atom is 0.276 e. The zero-order chi connectivity index (χ0) is 17.1. The summed E-state index contributed by atoms with van der Waals surface area (Å²) in [7, 11) is 0. The molecule has 0 unspecified atom stereocenters. The second-order valence-electron chi connectivity index (χ2n) is 6.33. The van der Waals surface area contributed by atoms with Crippen LogP contribution in [-0.2, 0) is 4.79 Å². The van der Waals surface area contributed by atoms with Crippen LogP contribution in [0.4, 0.5) is 5.69 Å². The summed E-state index contributed by atoms with van der Waals surface area (Å²) in [5.74, 6) is 0.375. The van der Waals surface area contributed by atoms with E-state index in [4.69, 9.17) is 4.74 Å². The Morgan fingerprint density at radius 3 is 2.48 bits per heavy atom. The van der Waals surface area contributed by atoms with Gasteiger partial charge >= 0.3 is 0 Å². The van der Waals surface area contributed by atoms with Gasteiger partial charge in [0.1, 0.15) is 5.75 Å². The van der Waals surface area contributed by atoms with Gasteiger partial charge < -0.3 is 9.64 Å². The van der Waals surface area contributed by atoms with Crippen LogP contribution in [0.3, 0.4) is 0 Å². The molecule has 6 nitrogen and oxygen atoms in total. The van der Waals surface area contributed by atoms with Crippen molar-refractivity contribution in [1.29, 1.82) is 0 Å². The Morgan fingerprint density at radius 1 is 1.30 bits per heavy atom. The summed E-state index contributed by atoms with van der Waals surface area (Å²) < 4.78 is 5.67. The molecule has 1 aromatic rings. The summed E-state index contributed by atoms with van der Waals surface area (Å²) >= 11 is 0. The van der Waals surface area contributed by atoms with Gasteiger partial charge in [0, 0.05) is 18.2 Å². The molecule has 1 aliphatic heterocycles. The molecule has 0 radical (unpaired) electrons. The van der Waals surface area contributed by atoms with Gasteiger partial charge in [-0.2, -0.15) is 0 Å². The largest absolute Gasteiger partial charge is 0.483 e. The molecule has 23 heavy (non-hydrogen) atoms. The van der Waals surface area contributed by atoms with Crippen LogP contribution in [-0.4, -0.2) is 34.4 Å². The van der Waals surface area contributed by atoms with Gasteiger partial charge in [0.05, 0.1) is 10.5 Å². The lowest BCUT2D eigenvalue weighted by atomic mass is 9.97. The minimum atomic E-state index is -0.432. The molecule has 2 rings (SSSR count). The molecular formula is C17H24N2O4. The second-order valence-corrected chi connectivity index (χ2v) is 6.33. The average molecular weight is 320 g/mol. The molecule has 0 aromatic heterocycles. The van der Waals surface area contributed by atoms with Gasteiger partial charge in [-0.1, -0.05) is 0 Å². The quantitative estimate of drug-likeness (QED) is 0.630. The van der Waals surface area contributed by atoms with Crippen LogP contribution < -0.4 is 4.74 Å². The predicted octanol–water partition coefficient (Wildman–Crippen LogP) is 3.38. The highest BCUT2D eigenvalue weighted by Gasteiger charge is 2.29. The number of carbonyl (C=O) groups is 1. The molecule has 0 spiro atoms. The van der Waals surface area contributed by atoms with Crippen molar-refractivity contribution in [3.8, 4) is 5.75 Å². The molecule has 1 saturated heterocycles. The van der Waals surface area contributed by atoms with E-state index in [1.54, 1.807) is 13.0 Å². The van der Waals surface area contributed by atoms with Crippen molar-refractivity contribution in [2.75, 3.05) is 6.61 Å². The minimum absolute atomic E-state index is 0.0118. The normalized spacial score (nSPS) is 21.1. The van der Waals surface area contributed by atoms with Gasteiger partial charge in [0.2, 0.25) is 0 Å². The molecule has 0 aliphatic carbocycles. The number of aryl methyl sites for hydroxylation is 1. The maximum absolute atomic E-state index is 12.5. The molecule has 1 aromatic carbocycles. The first kappa shape index (κ1) is 17.2. The standard InChI is InChI=1S/C17H24N2O4/c1-11-8-9-15(19(21)22)14(4)17(11)23-10-16(20)18-12(2)6-5-7-13(18)3/h8-9,12-13H,5-7,10H2,1-4H3/t12-,13-/m0/s1. The SMILES string of the molecule is Cc1ccc([N+](=O)[O-])c(C)c1OCC(=O)N1[C@@H](C)CCC[C@@H]1C. The van der Waals surface area contributed by atoms with Crippen LogP contribution in [0.25, 0.3) is 0 Å². The number of ether oxygens (including phenoxy) is 1. The van der Waals surface area contributed by atoms with Crippen molar-refractivity contribution in [3.05, 3.63) is 33.4 Å². The molecule has 1 aliphatic rings. The minimum Gasteiger partial charge on any atom is -0.483 e. The van der Waals surface area contributed by atoms with Crippen molar-refractivity contribution >= 4 is 11.6 Å². The second kappa shape index (κ2) is 6.98. The predicted molar refractivity (Wildman–Crippen MR) is 87.7 cm³/mol. The third kappa shape index (κ3) is 3.63. The van der Waals surface area contributed by atoms with Crippen LogP contribution in [0.2, 0.25) is 0 Å². The number of benzene rings is 1. The van der Waals surface area contributed by atoms with E-state index in [2.05, 4.69) is 13.8 Å². The van der Waals surface area contributed by atoms with Gasteiger partial charge in [-0.05, 0) is 58.6 Å². The van der Waals surface area contributed by atoms with Gasteiger partial charge in [-0.25, -0.2) is 0 Å². The zero-order valence-corrected chi connectivity index (χ0v) is 14.2. The van der Waals surface area contributed by atoms with E-state index in [9.17, 15) is 14.9 Å². The van der Waals surface area contributed by atoms with Gasteiger partial charge in [-0.3, -0.25) is 14.9 Å². The van der Waals surface area contributed by atoms with E-state index >= 15 is 0 Å². The lowest BCUT2D eigenvalue weighted by Gasteiger charge is -2.39. The number of carbonyl (C=O) groups excluding carboxylic acids is 1. The van der Waals surface area contributed by atoms with Gasteiger partial charge in [0.25, 0.3) is 11.6 Å². The van der Waals surface area contributed by atoms with Crippen molar-refractivity contribution in [2.24, 2.45) is 0 Å². The lowest BCUT2D eigenvalue weighted by Crippen LogP contribution is -2.49. The van der Waals surface area contributed by atoms with Crippen molar-refractivity contribution in [2.45, 2.75) is 59.0 Å². The van der Waals surface area contributed by atoms with E-state index in [1.165, 1.54) is 6.07 Å². The Labute approximate surface area is 136 Å². The highest BCUT2D eigenvalue weighted by Crippen LogP contribution is 2.31. The number of rotatable bonds is 4. The summed E-state index contributed by atoms with van der Waals surface area (Å²) in [5, 5.41) is 11.0. The van der Waals surface area contributed by atoms with E-state index in [-0.39, 0.29) is 30.3 Å². The first-order valence-corrected chi connectivity index (χ1v) is 8.01. The fourth-order valence-corrected chi connectivity index (χ4v) is 3.36. The zero-order valence-electron chi connectivity index (χ0n) is 14.2. The Kier molecular flexibility index (Phi) is 5.23. The fourth-order valence-electron chi connectivity index (χ4n) is 3.36. The van der Waals surface area contributed by atoms with Crippen LogP contribution >= 0.6 is 0 Å². The molecule has 1 amide bonds. The number of nitro benzene ring substituents is 1.